The van der Waals surface area contributed by atoms with Gasteiger partial charge in [0.2, 0.25) is 0 Å². The Hall–Kier alpha value is -6.64. The molecule has 6 aromatic carbocycles. The van der Waals surface area contributed by atoms with Crippen molar-refractivity contribution in [1.82, 2.24) is 0 Å². The van der Waals surface area contributed by atoms with Gasteiger partial charge in [0, 0.05) is 14.2 Å². The minimum absolute atomic E-state index is 0.124. The van der Waals surface area contributed by atoms with Crippen molar-refractivity contribution in [2.24, 2.45) is 0 Å². The SMILES string of the molecule is COCCOCCOCCOCCOCCOCCOCCOCCOCCOCCOCCOCCOC[C@@H](C)Oc1ccc(-c2ccc(/C=C/c3ccc(-c4ccc(/C=C/c5ccc(-c6ccc(O[C@@H](C)COCCOCCOCCOCCOCCOCCOCCOCCOCCOCCOCCOCCOC)cc6)cc5)cc4)cc3)cc2)cc1. The Labute approximate surface area is 736 Å². The number of methoxy groups -OCH3 is 2. The molecule has 0 heterocycles. The van der Waals surface area contributed by atoms with E-state index in [0.717, 1.165) is 56.0 Å². The third kappa shape index (κ3) is 57.9. The monoisotopic (exact) mass is 1740 g/mol. The maximum atomic E-state index is 6.13. The molecule has 0 unspecified atom stereocenters. The van der Waals surface area contributed by atoms with Crippen LogP contribution in [0.3, 0.4) is 0 Å². The summed E-state index contributed by atoms with van der Waals surface area (Å²) in [5.41, 5.74) is 11.3. The van der Waals surface area contributed by atoms with E-state index in [1.54, 1.807) is 14.2 Å². The van der Waals surface area contributed by atoms with Gasteiger partial charge < -0.3 is 133 Å². The lowest BCUT2D eigenvalue weighted by Crippen LogP contribution is -2.21. The normalized spacial score (nSPS) is 12.3. The molecule has 28 heteroatoms. The van der Waals surface area contributed by atoms with Crippen LogP contribution in [0.2, 0.25) is 0 Å². The molecule has 0 saturated carbocycles. The molecule has 28 nitrogen and oxygen atoms in total. The molecular weight excluding hydrogens is 1600 g/mol. The highest BCUT2D eigenvalue weighted by Gasteiger charge is 2.10. The standard InChI is InChI=1S/C96H142O28/c1-83(81-121-79-77-119-75-73-117-71-69-115-67-65-113-63-61-111-59-57-109-55-53-107-51-49-105-47-45-103-43-41-101-39-37-99-35-33-97-3)123-95-29-25-93(26-30-95)91-21-13-87(14-22-91)7-5-85-9-17-89(18-10-85)90-19-11-86(12-20-90)6-8-88-15-23-92(24-16-88)94-27-31-96(32-28-94)124-84(2)82-122-80-78-120-76-74-118-72-70-116-68-66-114-64-62-112-60-58-110-56-54-108-52-50-106-48-46-104-44-42-102-40-38-100-36-34-98-4/h5-32,83-84H,33-82H2,1-4H3/b7-5+,8-6+/t83-,84+. The zero-order valence-electron chi connectivity index (χ0n) is 74.1. The average molecular weight is 1740 g/mol. The van der Waals surface area contributed by atoms with E-state index in [1.807, 2.05) is 38.1 Å². The molecule has 0 aliphatic rings. The predicted octanol–water partition coefficient (Wildman–Crippen LogP) is 12.3. The summed E-state index contributed by atoms with van der Waals surface area (Å²) >= 11 is 0. The maximum absolute atomic E-state index is 6.13. The first-order valence-corrected chi connectivity index (χ1v) is 43.6. The molecule has 0 aliphatic heterocycles. The molecule has 0 fully saturated rings. The molecule has 6 aromatic rings. The van der Waals surface area contributed by atoms with Crippen molar-refractivity contribution in [1.29, 1.82) is 0 Å². The van der Waals surface area contributed by atoms with Crippen molar-refractivity contribution in [3.63, 3.8) is 0 Å². The van der Waals surface area contributed by atoms with E-state index in [0.29, 0.717) is 330 Å². The van der Waals surface area contributed by atoms with Crippen LogP contribution in [0.5, 0.6) is 11.5 Å². The zero-order chi connectivity index (χ0) is 87.0. The predicted molar refractivity (Wildman–Crippen MR) is 477 cm³/mol. The van der Waals surface area contributed by atoms with Gasteiger partial charge in [-0.25, -0.2) is 0 Å². The van der Waals surface area contributed by atoms with Gasteiger partial charge in [-0.3, -0.25) is 0 Å². The fourth-order valence-electron chi connectivity index (χ4n) is 11.1. The summed E-state index contributed by atoms with van der Waals surface area (Å²) in [7, 11) is 3.29. The molecule has 694 valence electrons. The molecule has 0 bridgehead atoms. The lowest BCUT2D eigenvalue weighted by Gasteiger charge is -2.15. The first-order chi connectivity index (χ1) is 61.4. The average Bonchev–Trinajstić information content (AvgIpc) is 0.849. The smallest absolute Gasteiger partial charge is 0.119 e. The quantitative estimate of drug-likeness (QED) is 0.0254. The van der Waals surface area contributed by atoms with E-state index in [9.17, 15) is 0 Å². The Bertz CT molecular complexity index is 3170. The molecule has 0 aromatic heterocycles. The van der Waals surface area contributed by atoms with Crippen LogP contribution in [0.1, 0.15) is 36.1 Å². The molecule has 0 aliphatic carbocycles. The highest BCUT2D eigenvalue weighted by Crippen LogP contribution is 2.27. The van der Waals surface area contributed by atoms with Crippen LogP contribution in [0.25, 0.3) is 57.7 Å². The largest absolute Gasteiger partial charge is 0.488 e. The Morgan fingerprint density at radius 2 is 0.282 bits per heavy atom. The van der Waals surface area contributed by atoms with E-state index >= 15 is 0 Å². The zero-order valence-corrected chi connectivity index (χ0v) is 74.1. The summed E-state index contributed by atoms with van der Waals surface area (Å²) in [5, 5.41) is 0. The number of rotatable bonds is 87. The van der Waals surface area contributed by atoms with Crippen molar-refractivity contribution in [2.45, 2.75) is 26.1 Å². The summed E-state index contributed by atoms with van der Waals surface area (Å²) in [6.07, 6.45) is 8.34. The van der Waals surface area contributed by atoms with Gasteiger partial charge in [0.25, 0.3) is 0 Å². The van der Waals surface area contributed by atoms with Crippen LogP contribution in [0, 0.1) is 0 Å². The van der Waals surface area contributed by atoms with Crippen LogP contribution in [0.4, 0.5) is 0 Å². The van der Waals surface area contributed by atoms with Gasteiger partial charge >= 0.3 is 0 Å². The highest BCUT2D eigenvalue weighted by atomic mass is 16.6. The molecule has 6 rings (SSSR count). The molecular formula is C96H142O28. The lowest BCUT2D eigenvalue weighted by atomic mass is 10.0. The second kappa shape index (κ2) is 77.5. The van der Waals surface area contributed by atoms with Crippen molar-refractivity contribution in [3.8, 4) is 44.9 Å². The van der Waals surface area contributed by atoms with Crippen molar-refractivity contribution in [3.05, 3.63) is 168 Å². The summed E-state index contributed by atoms with van der Waals surface area (Å²) in [6, 6.07) is 50.8. The first-order valence-electron chi connectivity index (χ1n) is 43.6. The first kappa shape index (κ1) is 106. The Morgan fingerprint density at radius 1 is 0.161 bits per heavy atom. The molecule has 124 heavy (non-hydrogen) atoms. The van der Waals surface area contributed by atoms with Crippen molar-refractivity contribution >= 4 is 24.3 Å². The van der Waals surface area contributed by atoms with Gasteiger partial charge in [-0.05, 0) is 93.7 Å². The minimum Gasteiger partial charge on any atom is -0.488 e. The molecule has 0 radical (unpaired) electrons. The highest BCUT2D eigenvalue weighted by molar-refractivity contribution is 5.76. The maximum Gasteiger partial charge on any atom is 0.119 e. The van der Waals surface area contributed by atoms with E-state index < -0.39 is 0 Å². The van der Waals surface area contributed by atoms with E-state index in [1.165, 1.54) is 11.1 Å². The molecule has 2 atom stereocenters. The van der Waals surface area contributed by atoms with Crippen LogP contribution in [-0.4, -0.2) is 357 Å². The number of hydrogen-bond acceptors (Lipinski definition) is 28. The van der Waals surface area contributed by atoms with Gasteiger partial charge in [0.1, 0.15) is 23.7 Å². The van der Waals surface area contributed by atoms with Gasteiger partial charge in [0.05, 0.1) is 330 Å². The third-order valence-corrected chi connectivity index (χ3v) is 17.7. The van der Waals surface area contributed by atoms with Gasteiger partial charge in [-0.15, -0.1) is 0 Å². The van der Waals surface area contributed by atoms with Crippen LogP contribution in [0.15, 0.2) is 146 Å². The molecule has 0 spiro atoms. The van der Waals surface area contributed by atoms with Crippen LogP contribution < -0.4 is 9.47 Å². The van der Waals surface area contributed by atoms with Crippen LogP contribution >= 0.6 is 0 Å². The van der Waals surface area contributed by atoms with Crippen molar-refractivity contribution < 1.29 is 133 Å². The lowest BCUT2D eigenvalue weighted by molar-refractivity contribution is -0.0294. The van der Waals surface area contributed by atoms with E-state index in [2.05, 4.69) is 146 Å². The van der Waals surface area contributed by atoms with Gasteiger partial charge in [0.15, 0.2) is 0 Å². The van der Waals surface area contributed by atoms with Crippen LogP contribution in [-0.2, 0) is 123 Å². The van der Waals surface area contributed by atoms with Gasteiger partial charge in [-0.2, -0.15) is 0 Å². The number of ether oxygens (including phenoxy) is 28. The van der Waals surface area contributed by atoms with Crippen molar-refractivity contribution in [2.75, 3.05) is 345 Å². The third-order valence-electron chi connectivity index (χ3n) is 17.7. The summed E-state index contributed by atoms with van der Waals surface area (Å²) in [5.74, 6) is 1.58. The second-order valence-electron chi connectivity index (χ2n) is 27.7. The summed E-state index contributed by atoms with van der Waals surface area (Å²) in [6.45, 7) is 29.0. The fourth-order valence-corrected chi connectivity index (χ4v) is 11.1. The molecule has 0 saturated heterocycles. The Kier molecular flexibility index (Phi) is 66.3. The second-order valence-corrected chi connectivity index (χ2v) is 27.7. The van der Waals surface area contributed by atoms with Gasteiger partial charge in [-0.1, -0.05) is 146 Å². The molecule has 0 N–H and O–H groups in total. The molecule has 0 amide bonds. The van der Waals surface area contributed by atoms with E-state index in [4.69, 9.17) is 133 Å². The minimum atomic E-state index is -0.124. The number of benzene rings is 6. The summed E-state index contributed by atoms with van der Waals surface area (Å²) < 4.78 is 155. The van der Waals surface area contributed by atoms with E-state index in [-0.39, 0.29) is 12.2 Å². The Balaban J connectivity index is 0.667. The topological polar surface area (TPSA) is 258 Å². The number of hydrogen-bond donors (Lipinski definition) is 0. The Morgan fingerprint density at radius 3 is 0.419 bits per heavy atom. The summed E-state index contributed by atoms with van der Waals surface area (Å²) in [4.78, 5) is 0. The fraction of sp³-hybridized carbons (Fsp3) is 0.583.